The highest BCUT2D eigenvalue weighted by atomic mass is 16.6. The fourth-order valence-corrected chi connectivity index (χ4v) is 3.77. The molecule has 1 aliphatic heterocycles. The monoisotopic (exact) mass is 497 g/mol. The second-order valence-corrected chi connectivity index (χ2v) is 8.37. The molecule has 1 N–H and O–H groups in total. The first kappa shape index (κ1) is 25.1. The maximum absolute atomic E-state index is 13.1. The number of hydrogen-bond donors (Lipinski definition) is 1. The standard InChI is InChI=1S/C28H23N3O6/c1-3-4-21-15-20(9-14-25(21)37-17-19-7-12-23(13-8-19)31(35)36)16-24-26(32)29-28(34)30(27(24)33)22-10-5-18(2)6-11-22/h3,5-16H,1,4,17H2,2H3,(H,29,32,34)/b24-16+. The molecular weight excluding hydrogens is 474 g/mol. The number of nitrogens with one attached hydrogen (secondary N) is 1. The highest BCUT2D eigenvalue weighted by Crippen LogP contribution is 2.26. The number of nitrogens with zero attached hydrogens (tertiary/aromatic N) is 2. The molecule has 9 heteroatoms. The van der Waals surface area contributed by atoms with Crippen molar-refractivity contribution in [2.75, 3.05) is 4.90 Å². The Morgan fingerprint density at radius 2 is 1.73 bits per heavy atom. The molecule has 0 atom stereocenters. The molecule has 9 nitrogen and oxygen atoms in total. The van der Waals surface area contributed by atoms with Gasteiger partial charge in [-0.25, -0.2) is 9.69 Å². The molecule has 0 unspecified atom stereocenters. The minimum Gasteiger partial charge on any atom is -0.489 e. The predicted molar refractivity (Wildman–Crippen MR) is 138 cm³/mol. The van der Waals surface area contributed by atoms with Gasteiger partial charge in [0.2, 0.25) is 0 Å². The number of hydrogen-bond acceptors (Lipinski definition) is 6. The summed E-state index contributed by atoms with van der Waals surface area (Å²) in [6.45, 7) is 5.85. The summed E-state index contributed by atoms with van der Waals surface area (Å²) in [5.74, 6) is -0.931. The van der Waals surface area contributed by atoms with Crippen molar-refractivity contribution in [3.8, 4) is 5.75 Å². The maximum atomic E-state index is 13.1. The van der Waals surface area contributed by atoms with Crippen molar-refractivity contribution >= 4 is 35.3 Å². The molecule has 0 saturated carbocycles. The smallest absolute Gasteiger partial charge is 0.335 e. The summed E-state index contributed by atoms with van der Waals surface area (Å²) < 4.78 is 5.92. The van der Waals surface area contributed by atoms with E-state index in [0.29, 0.717) is 23.4 Å². The Morgan fingerprint density at radius 3 is 2.38 bits per heavy atom. The van der Waals surface area contributed by atoms with E-state index < -0.39 is 22.8 Å². The molecule has 1 saturated heterocycles. The largest absolute Gasteiger partial charge is 0.489 e. The van der Waals surface area contributed by atoms with E-state index >= 15 is 0 Å². The van der Waals surface area contributed by atoms with Crippen LogP contribution in [-0.4, -0.2) is 22.8 Å². The van der Waals surface area contributed by atoms with Crippen LogP contribution in [0.2, 0.25) is 0 Å². The molecule has 4 amide bonds. The Hall–Kier alpha value is -5.05. The maximum Gasteiger partial charge on any atom is 0.335 e. The molecule has 3 aromatic carbocycles. The number of aryl methyl sites for hydroxylation is 1. The number of benzene rings is 3. The average Bonchev–Trinajstić information content (AvgIpc) is 2.87. The van der Waals surface area contributed by atoms with Crippen LogP contribution in [0.4, 0.5) is 16.2 Å². The predicted octanol–water partition coefficient (Wildman–Crippen LogP) is 4.88. The number of non-ortho nitro benzene ring substituents is 1. The Kier molecular flexibility index (Phi) is 7.24. The first-order valence-electron chi connectivity index (χ1n) is 11.3. The summed E-state index contributed by atoms with van der Waals surface area (Å²) in [7, 11) is 0. The minimum absolute atomic E-state index is 0.00238. The average molecular weight is 498 g/mol. The fourth-order valence-electron chi connectivity index (χ4n) is 3.77. The molecule has 0 aliphatic carbocycles. The molecule has 1 aliphatic rings. The number of rotatable bonds is 8. The van der Waals surface area contributed by atoms with Crippen molar-refractivity contribution in [3.63, 3.8) is 0 Å². The van der Waals surface area contributed by atoms with Crippen LogP contribution in [-0.2, 0) is 22.6 Å². The minimum atomic E-state index is -0.807. The highest BCUT2D eigenvalue weighted by Gasteiger charge is 2.36. The van der Waals surface area contributed by atoms with Crippen LogP contribution in [0.25, 0.3) is 6.08 Å². The van der Waals surface area contributed by atoms with Gasteiger partial charge in [0.1, 0.15) is 17.9 Å². The summed E-state index contributed by atoms with van der Waals surface area (Å²) in [5, 5.41) is 13.1. The third-order valence-electron chi connectivity index (χ3n) is 5.70. The third kappa shape index (κ3) is 5.62. The summed E-state index contributed by atoms with van der Waals surface area (Å²) in [5.41, 5.74) is 3.23. The van der Waals surface area contributed by atoms with Gasteiger partial charge in [0, 0.05) is 12.1 Å². The lowest BCUT2D eigenvalue weighted by molar-refractivity contribution is -0.384. The number of imide groups is 2. The zero-order chi connectivity index (χ0) is 26.5. The lowest BCUT2D eigenvalue weighted by Crippen LogP contribution is -2.54. The molecule has 37 heavy (non-hydrogen) atoms. The van der Waals surface area contributed by atoms with E-state index in [9.17, 15) is 24.5 Å². The van der Waals surface area contributed by atoms with Gasteiger partial charge in [0.15, 0.2) is 0 Å². The summed E-state index contributed by atoms with van der Waals surface area (Å²) in [6.07, 6.45) is 3.58. The van der Waals surface area contributed by atoms with Crippen molar-refractivity contribution in [1.82, 2.24) is 5.32 Å². The van der Waals surface area contributed by atoms with Gasteiger partial charge < -0.3 is 4.74 Å². The molecule has 0 spiro atoms. The highest BCUT2D eigenvalue weighted by molar-refractivity contribution is 6.39. The van der Waals surface area contributed by atoms with Crippen molar-refractivity contribution in [2.24, 2.45) is 0 Å². The van der Waals surface area contributed by atoms with Crippen molar-refractivity contribution in [2.45, 2.75) is 20.0 Å². The number of ether oxygens (including phenoxy) is 1. The van der Waals surface area contributed by atoms with Gasteiger partial charge >= 0.3 is 6.03 Å². The van der Waals surface area contributed by atoms with E-state index in [-0.39, 0.29) is 17.9 Å². The van der Waals surface area contributed by atoms with Crippen LogP contribution < -0.4 is 15.0 Å². The number of carbonyl (C=O) groups excluding carboxylic acids is 3. The number of anilines is 1. The van der Waals surface area contributed by atoms with E-state index in [2.05, 4.69) is 11.9 Å². The van der Waals surface area contributed by atoms with Crippen LogP contribution in [0.3, 0.4) is 0 Å². The molecule has 0 bridgehead atoms. The molecule has 0 radical (unpaired) electrons. The Bertz CT molecular complexity index is 1430. The van der Waals surface area contributed by atoms with E-state index in [1.54, 1.807) is 60.7 Å². The Morgan fingerprint density at radius 1 is 1.03 bits per heavy atom. The number of allylic oxidation sites excluding steroid dienone is 1. The normalized spacial score (nSPS) is 14.5. The summed E-state index contributed by atoms with van der Waals surface area (Å²) in [6, 6.07) is 17.3. The zero-order valence-electron chi connectivity index (χ0n) is 20.0. The number of urea groups is 1. The van der Waals surface area contributed by atoms with Crippen LogP contribution in [0.5, 0.6) is 5.75 Å². The number of carbonyl (C=O) groups is 3. The van der Waals surface area contributed by atoms with Gasteiger partial charge in [0.05, 0.1) is 10.6 Å². The lowest BCUT2D eigenvalue weighted by atomic mass is 10.0. The summed E-state index contributed by atoms with van der Waals surface area (Å²) in [4.78, 5) is 49.4. The number of nitro groups is 1. The topological polar surface area (TPSA) is 119 Å². The van der Waals surface area contributed by atoms with Crippen molar-refractivity contribution in [1.29, 1.82) is 0 Å². The van der Waals surface area contributed by atoms with Crippen LogP contribution in [0, 0.1) is 17.0 Å². The molecule has 1 heterocycles. The molecule has 0 aromatic heterocycles. The Balaban J connectivity index is 1.58. The first-order chi connectivity index (χ1) is 17.8. The van der Waals surface area contributed by atoms with Gasteiger partial charge in [0.25, 0.3) is 17.5 Å². The number of nitro benzene ring substituents is 1. The van der Waals surface area contributed by atoms with Gasteiger partial charge in [-0.15, -0.1) is 6.58 Å². The summed E-state index contributed by atoms with van der Waals surface area (Å²) >= 11 is 0. The molecule has 186 valence electrons. The molecule has 3 aromatic rings. The third-order valence-corrected chi connectivity index (χ3v) is 5.70. The lowest BCUT2D eigenvalue weighted by Gasteiger charge is -2.26. The molecule has 1 fully saturated rings. The van der Waals surface area contributed by atoms with Crippen molar-refractivity contribution < 1.29 is 24.0 Å². The van der Waals surface area contributed by atoms with Gasteiger partial charge in [-0.05, 0) is 72.5 Å². The van der Waals surface area contributed by atoms with E-state index in [0.717, 1.165) is 21.6 Å². The van der Waals surface area contributed by atoms with Crippen LogP contribution in [0.1, 0.15) is 22.3 Å². The Labute approximate surface area is 212 Å². The molecule has 4 rings (SSSR count). The van der Waals surface area contributed by atoms with E-state index in [4.69, 9.17) is 4.74 Å². The van der Waals surface area contributed by atoms with Crippen LogP contribution >= 0.6 is 0 Å². The van der Waals surface area contributed by atoms with Gasteiger partial charge in [-0.1, -0.05) is 29.8 Å². The first-order valence-corrected chi connectivity index (χ1v) is 11.3. The quantitative estimate of drug-likeness (QED) is 0.156. The second-order valence-electron chi connectivity index (χ2n) is 8.37. The van der Waals surface area contributed by atoms with Gasteiger partial charge in [-0.3, -0.25) is 25.0 Å². The number of barbiturate groups is 1. The van der Waals surface area contributed by atoms with E-state index in [1.807, 2.05) is 6.92 Å². The SMILES string of the molecule is C=CCc1cc(/C=C2\C(=O)NC(=O)N(c3ccc(C)cc3)C2=O)ccc1OCc1ccc([N+](=O)[O-])cc1. The van der Waals surface area contributed by atoms with Gasteiger partial charge in [-0.2, -0.15) is 0 Å². The van der Waals surface area contributed by atoms with E-state index in [1.165, 1.54) is 18.2 Å². The fraction of sp³-hybridized carbons (Fsp3) is 0.107. The van der Waals surface area contributed by atoms with Crippen molar-refractivity contribution in [3.05, 3.63) is 117 Å². The molecular formula is C28H23N3O6. The zero-order valence-corrected chi connectivity index (χ0v) is 20.0. The number of amides is 4. The second kappa shape index (κ2) is 10.7. The van der Waals surface area contributed by atoms with Crippen LogP contribution in [0.15, 0.2) is 85.0 Å².